The van der Waals surface area contributed by atoms with Crippen LogP contribution in [0.25, 0.3) is 11.1 Å². The Morgan fingerprint density at radius 3 is 2.32 bits per heavy atom. The summed E-state index contributed by atoms with van der Waals surface area (Å²) in [5.41, 5.74) is 13.2. The third-order valence-electron chi connectivity index (χ3n) is 13.4. The number of anilines is 2. The Morgan fingerprint density at radius 2 is 1.59 bits per heavy atom. The van der Waals surface area contributed by atoms with Crippen LogP contribution in [-0.2, 0) is 46.5 Å². The zero-order valence-corrected chi connectivity index (χ0v) is 39.7. The summed E-state index contributed by atoms with van der Waals surface area (Å²) in [5, 5.41) is 8.19. The second kappa shape index (κ2) is 24.5. The van der Waals surface area contributed by atoms with E-state index in [1.165, 1.54) is 10.5 Å². The van der Waals surface area contributed by atoms with Crippen LogP contribution in [0.1, 0.15) is 95.7 Å². The first-order valence-corrected chi connectivity index (χ1v) is 24.3. The van der Waals surface area contributed by atoms with E-state index in [0.717, 1.165) is 107 Å². The Bertz CT molecular complexity index is 2260. The molecule has 1 unspecified atom stereocenters. The van der Waals surface area contributed by atoms with Crippen molar-refractivity contribution in [3.05, 3.63) is 82.4 Å². The number of fused-ring (bicyclic) bond motifs is 1. The van der Waals surface area contributed by atoms with Crippen molar-refractivity contribution < 1.29 is 43.0 Å². The van der Waals surface area contributed by atoms with Crippen LogP contribution in [0.5, 0.6) is 0 Å². The van der Waals surface area contributed by atoms with E-state index in [9.17, 15) is 28.8 Å². The number of piperidine rings is 1. The van der Waals surface area contributed by atoms with Gasteiger partial charge in [-0.1, -0.05) is 30.3 Å². The van der Waals surface area contributed by atoms with Crippen molar-refractivity contribution >= 4 is 46.8 Å². The molecule has 1 atom stereocenters. The Hall–Kier alpha value is -5.72. The zero-order valence-electron chi connectivity index (χ0n) is 39.7. The maximum absolute atomic E-state index is 13.0. The first-order valence-electron chi connectivity index (χ1n) is 24.3. The average molecular weight is 937 g/mol. The molecule has 4 aliphatic rings. The normalized spacial score (nSPS) is 18.1. The average Bonchev–Trinajstić information content (AvgIpc) is 3.67. The molecule has 17 nitrogen and oxygen atoms in total. The lowest BCUT2D eigenvalue weighted by Gasteiger charge is -2.37. The number of piperazine rings is 1. The number of primary amides is 1. The number of nitrogens with zero attached hydrogens (tertiary/aromatic N) is 4. The summed E-state index contributed by atoms with van der Waals surface area (Å²) < 4.78 is 16.9. The second-order valence-electron chi connectivity index (χ2n) is 18.1. The number of benzene rings is 3. The van der Waals surface area contributed by atoms with Gasteiger partial charge in [-0.3, -0.25) is 43.9 Å². The summed E-state index contributed by atoms with van der Waals surface area (Å²) in [6.07, 6.45) is 5.68. The lowest BCUT2D eigenvalue weighted by atomic mass is 9.95. The highest BCUT2D eigenvalue weighted by atomic mass is 16.5. The molecule has 3 aromatic carbocycles. The fourth-order valence-corrected chi connectivity index (χ4v) is 9.62. The predicted octanol–water partition coefficient (Wildman–Crippen LogP) is 3.99. The summed E-state index contributed by atoms with van der Waals surface area (Å²) in [6, 6.07) is 17.4. The van der Waals surface area contributed by atoms with E-state index in [-0.39, 0.29) is 49.6 Å². The second-order valence-corrected chi connectivity index (χ2v) is 18.1. The number of rotatable bonds is 23. The van der Waals surface area contributed by atoms with Crippen LogP contribution in [0.3, 0.4) is 0 Å². The summed E-state index contributed by atoms with van der Waals surface area (Å²) in [6.45, 7) is 13.2. The van der Waals surface area contributed by atoms with E-state index in [4.69, 9.17) is 19.9 Å². The van der Waals surface area contributed by atoms with Gasteiger partial charge in [0.25, 0.3) is 5.91 Å². The van der Waals surface area contributed by atoms with Crippen molar-refractivity contribution in [1.82, 2.24) is 25.3 Å². The lowest BCUT2D eigenvalue weighted by molar-refractivity contribution is -0.137. The summed E-state index contributed by atoms with van der Waals surface area (Å²) in [4.78, 5) is 83.4. The van der Waals surface area contributed by atoms with Crippen LogP contribution in [0.15, 0.2) is 54.6 Å². The summed E-state index contributed by atoms with van der Waals surface area (Å²) in [7, 11) is 0. The number of hydrogen-bond donors (Lipinski definition) is 4. The molecule has 3 saturated heterocycles. The van der Waals surface area contributed by atoms with Gasteiger partial charge in [0.05, 0.1) is 6.54 Å². The van der Waals surface area contributed by atoms with Crippen molar-refractivity contribution in [2.75, 3.05) is 95.7 Å². The van der Waals surface area contributed by atoms with Crippen LogP contribution >= 0.6 is 0 Å². The van der Waals surface area contributed by atoms with E-state index >= 15 is 0 Å². The molecule has 0 aromatic heterocycles. The van der Waals surface area contributed by atoms with E-state index in [1.54, 1.807) is 18.2 Å². The number of nitrogens with one attached hydrogen (secondary N) is 3. The van der Waals surface area contributed by atoms with Crippen molar-refractivity contribution in [3.63, 3.8) is 0 Å². The molecule has 0 radical (unpaired) electrons. The van der Waals surface area contributed by atoms with Gasteiger partial charge in [0.1, 0.15) is 12.6 Å². The number of imide groups is 1. The SMILES string of the molecule is CCN(c1cc(-c2ccc(CN3CCN(CC(=O)NCCCCCOCCCOCC(=O)Nc4cccc5c4CN(C4CCC(=O)NC4=O)C5=O)CC3)cc2)cc(C(N)=O)c1C)C1CCOCC1. The maximum atomic E-state index is 13.0. The van der Waals surface area contributed by atoms with E-state index < -0.39 is 17.9 Å². The topological polar surface area (TPSA) is 205 Å². The number of unbranched alkanes of at least 4 members (excludes halogenated alkanes) is 2. The van der Waals surface area contributed by atoms with Crippen LogP contribution in [0.2, 0.25) is 0 Å². The number of nitrogens with two attached hydrogens (primary N) is 1. The number of carbonyl (C=O) groups is 6. The number of hydrogen-bond acceptors (Lipinski definition) is 12. The van der Waals surface area contributed by atoms with Crippen LogP contribution in [-0.4, -0.2) is 148 Å². The molecule has 366 valence electrons. The van der Waals surface area contributed by atoms with E-state index in [0.29, 0.717) is 67.8 Å². The third-order valence-corrected chi connectivity index (χ3v) is 13.4. The van der Waals surface area contributed by atoms with Gasteiger partial charge >= 0.3 is 0 Å². The molecule has 0 bridgehead atoms. The van der Waals surface area contributed by atoms with Gasteiger partial charge in [-0.25, -0.2) is 0 Å². The molecular weight excluding hydrogens is 869 g/mol. The molecular formula is C51H68N8O9. The number of ether oxygens (including phenoxy) is 3. The van der Waals surface area contributed by atoms with Gasteiger partial charge in [-0.15, -0.1) is 0 Å². The van der Waals surface area contributed by atoms with Gasteiger partial charge in [-0.2, -0.15) is 0 Å². The van der Waals surface area contributed by atoms with Gasteiger partial charge in [0.2, 0.25) is 29.5 Å². The van der Waals surface area contributed by atoms with Gasteiger partial charge in [0.15, 0.2) is 0 Å². The highest BCUT2D eigenvalue weighted by molar-refractivity contribution is 6.07. The number of amides is 6. The first-order chi connectivity index (χ1) is 33.0. The van der Waals surface area contributed by atoms with Gasteiger partial charge in [-0.05, 0) is 105 Å². The zero-order chi connectivity index (χ0) is 48.0. The lowest BCUT2D eigenvalue weighted by Crippen LogP contribution is -2.52. The fraction of sp³-hybridized carbons (Fsp3) is 0.529. The Kier molecular flexibility index (Phi) is 18.1. The van der Waals surface area contributed by atoms with E-state index in [1.807, 2.05) is 13.0 Å². The molecule has 3 fully saturated rings. The van der Waals surface area contributed by atoms with Crippen LogP contribution < -0.4 is 26.6 Å². The molecule has 17 heteroatoms. The fourth-order valence-electron chi connectivity index (χ4n) is 9.62. The number of carbonyl (C=O) groups excluding carboxylic acids is 6. The standard InChI is InChI=1S/C51H68N8O9/c1-3-58(39-17-27-67-28-18-39)45-30-38(29-41(35(45)2)49(52)63)37-13-11-36(12-14-37)31-56-20-22-57(23-21-56)33-47(61)53-19-5-4-6-24-66-25-8-26-68-34-48(62)54-43-10-7-9-40-42(43)32-59(51(40)65)44-15-16-46(60)55-50(44)64/h7,9-14,29-30,39,44H,3-6,8,15-28,31-34H2,1-2H3,(H2,52,63)(H,53,61)(H,54,62)(H,55,60,64). The third kappa shape index (κ3) is 13.3. The minimum absolute atomic E-state index is 0.0479. The highest BCUT2D eigenvalue weighted by Crippen LogP contribution is 2.35. The summed E-state index contributed by atoms with van der Waals surface area (Å²) in [5.74, 6) is -1.85. The molecule has 5 N–H and O–H groups in total. The minimum atomic E-state index is -0.728. The Morgan fingerprint density at radius 1 is 0.853 bits per heavy atom. The van der Waals surface area contributed by atoms with Crippen molar-refractivity contribution in [2.24, 2.45) is 5.73 Å². The molecule has 7 rings (SSSR count). The molecule has 0 aliphatic carbocycles. The minimum Gasteiger partial charge on any atom is -0.381 e. The Labute approximate surface area is 399 Å². The Balaban J connectivity index is 0.712. The quantitative estimate of drug-likeness (QED) is 0.0788. The molecule has 0 saturated carbocycles. The van der Waals surface area contributed by atoms with Gasteiger partial charge < -0.3 is 40.4 Å². The summed E-state index contributed by atoms with van der Waals surface area (Å²) >= 11 is 0. The van der Waals surface area contributed by atoms with Crippen LogP contribution in [0, 0.1) is 6.92 Å². The molecule has 4 aliphatic heterocycles. The van der Waals surface area contributed by atoms with Gasteiger partial charge in [0, 0.05) is 126 Å². The predicted molar refractivity (Wildman–Crippen MR) is 258 cm³/mol. The van der Waals surface area contributed by atoms with E-state index in [2.05, 4.69) is 67.9 Å². The largest absolute Gasteiger partial charge is 0.381 e. The highest BCUT2D eigenvalue weighted by Gasteiger charge is 2.40. The molecule has 4 heterocycles. The smallest absolute Gasteiger partial charge is 0.255 e. The maximum Gasteiger partial charge on any atom is 0.255 e. The monoisotopic (exact) mass is 937 g/mol. The molecule has 68 heavy (non-hydrogen) atoms. The van der Waals surface area contributed by atoms with Crippen molar-refractivity contribution in [3.8, 4) is 11.1 Å². The molecule has 3 aromatic rings. The first kappa shape index (κ1) is 50.2. The van der Waals surface area contributed by atoms with Crippen molar-refractivity contribution in [2.45, 2.75) is 90.4 Å². The van der Waals surface area contributed by atoms with Crippen LogP contribution in [0.4, 0.5) is 11.4 Å². The molecule has 0 spiro atoms. The van der Waals surface area contributed by atoms with Crippen molar-refractivity contribution in [1.29, 1.82) is 0 Å². The molecule has 6 amide bonds.